The molecular weight excluding hydrogens is 406 g/mol. The highest BCUT2D eigenvalue weighted by molar-refractivity contribution is 8.91. The second kappa shape index (κ2) is 11.2. The third-order valence-corrected chi connectivity index (χ3v) is 20.3. The van der Waals surface area contributed by atoms with Crippen molar-refractivity contribution in [3.63, 3.8) is 0 Å². The van der Waals surface area contributed by atoms with Gasteiger partial charge in [0, 0.05) is 59.4 Å². The lowest BCUT2D eigenvalue weighted by molar-refractivity contribution is 0.596. The van der Waals surface area contributed by atoms with Gasteiger partial charge in [-0.15, -0.1) is 0 Å². The number of thioether (sulfide) groups is 2. The van der Waals surface area contributed by atoms with Crippen molar-refractivity contribution < 1.29 is 9.13 Å². The lowest BCUT2D eigenvalue weighted by Crippen LogP contribution is -1.92. The lowest BCUT2D eigenvalue weighted by Gasteiger charge is -2.14. The Kier molecular flexibility index (Phi) is 11.5. The minimum atomic E-state index is -2.05. The van der Waals surface area contributed by atoms with Crippen molar-refractivity contribution in [2.75, 3.05) is 59.4 Å². The first-order chi connectivity index (χ1) is 9.41. The van der Waals surface area contributed by atoms with Crippen LogP contribution in [0, 0.1) is 0 Å². The van der Waals surface area contributed by atoms with Crippen LogP contribution >= 0.6 is 80.1 Å². The van der Waals surface area contributed by atoms with Gasteiger partial charge in [0.05, 0.1) is 0 Å². The number of hydrogen-bond donors (Lipinski definition) is 0. The van der Waals surface area contributed by atoms with Crippen LogP contribution in [0.1, 0.15) is 0 Å². The van der Waals surface area contributed by atoms with E-state index in [0.29, 0.717) is 0 Å². The van der Waals surface area contributed by atoms with Gasteiger partial charge in [0.25, 0.3) is 0 Å². The molecule has 1 heterocycles. The van der Waals surface area contributed by atoms with Crippen molar-refractivity contribution in [2.45, 2.75) is 0 Å². The van der Waals surface area contributed by atoms with E-state index in [1.807, 2.05) is 36.9 Å². The van der Waals surface area contributed by atoms with Crippen molar-refractivity contribution >= 4 is 80.1 Å². The molecule has 0 amide bonds. The monoisotopic (exact) mass is 428 g/mol. The van der Waals surface area contributed by atoms with Gasteiger partial charge in [0.1, 0.15) is 0 Å². The minimum Gasteiger partial charge on any atom is -0.301 e. The van der Waals surface area contributed by atoms with Gasteiger partial charge >= 0.3 is 0 Å². The van der Waals surface area contributed by atoms with Crippen molar-refractivity contribution in [2.24, 2.45) is 0 Å². The number of rotatable bonds is 0. The molecule has 0 aliphatic carbocycles. The molecule has 1 aliphatic heterocycles. The fourth-order valence-electron chi connectivity index (χ4n) is 1.33. The summed E-state index contributed by atoms with van der Waals surface area (Å²) >= 11 is 10.3. The van der Waals surface area contributed by atoms with E-state index in [9.17, 15) is 9.13 Å². The maximum atomic E-state index is 12.3. The highest BCUT2D eigenvalue weighted by Crippen LogP contribution is 2.67. The van der Waals surface area contributed by atoms with E-state index < -0.39 is 11.1 Å². The van der Waals surface area contributed by atoms with Crippen molar-refractivity contribution in [1.82, 2.24) is 0 Å². The molecule has 0 radical (unpaired) electrons. The van der Waals surface area contributed by atoms with Crippen LogP contribution in [0.15, 0.2) is 0 Å². The highest BCUT2D eigenvalue weighted by atomic mass is 33.1. The quantitative estimate of drug-likeness (QED) is 0.432. The average molecular weight is 429 g/mol. The van der Waals surface area contributed by atoms with E-state index in [2.05, 4.69) is 0 Å². The molecule has 120 valence electrons. The van der Waals surface area contributed by atoms with Crippen LogP contribution in [-0.2, 0) is 9.13 Å². The van der Waals surface area contributed by atoms with Crippen molar-refractivity contribution in [1.29, 1.82) is 0 Å². The van der Waals surface area contributed by atoms with Crippen LogP contribution in [0.5, 0.6) is 0 Å². The van der Waals surface area contributed by atoms with E-state index in [0.717, 1.165) is 46.0 Å². The van der Waals surface area contributed by atoms with Crippen molar-refractivity contribution in [3.8, 4) is 0 Å². The minimum absolute atomic E-state index is 0.960. The Morgan fingerprint density at radius 1 is 0.550 bits per heavy atom. The summed E-state index contributed by atoms with van der Waals surface area (Å²) in [4.78, 5) is 0. The van der Waals surface area contributed by atoms with Crippen LogP contribution in [0.3, 0.4) is 0 Å². The molecule has 0 aromatic heterocycles. The molecule has 0 spiro atoms. The maximum absolute atomic E-state index is 12.3. The zero-order chi connectivity index (χ0) is 14.9. The molecule has 0 aromatic rings. The van der Waals surface area contributed by atoms with Gasteiger partial charge in [-0.25, -0.2) is 0 Å². The fourth-order valence-corrected chi connectivity index (χ4v) is 17.4. The second-order valence-electron chi connectivity index (χ2n) is 4.10. The molecule has 1 aliphatic rings. The molecule has 0 atom stereocenters. The molecule has 0 N–H and O–H groups in total. The normalized spacial score (nSPS) is 36.5. The van der Waals surface area contributed by atoms with Gasteiger partial charge in [0.2, 0.25) is 0 Å². The Bertz CT molecular complexity index is 310. The number of hydrogen-bond acceptors (Lipinski definition) is 8. The Morgan fingerprint density at radius 2 is 0.800 bits per heavy atom. The summed E-state index contributed by atoms with van der Waals surface area (Å²) in [6.45, 7) is 3.81. The zero-order valence-corrected chi connectivity index (χ0v) is 18.5. The predicted octanol–water partition coefficient (Wildman–Crippen LogP) is 6.05. The smallest absolute Gasteiger partial charge is 0.188 e. The Labute approximate surface area is 147 Å². The van der Waals surface area contributed by atoms with Gasteiger partial charge in [-0.3, -0.25) is 0 Å². The molecular formula is C10H22O2P2S6. The Hall–Kier alpha value is 2.56. The maximum Gasteiger partial charge on any atom is 0.188 e. The van der Waals surface area contributed by atoms with Gasteiger partial charge in [-0.1, -0.05) is 45.5 Å². The van der Waals surface area contributed by atoms with E-state index in [1.165, 1.54) is 0 Å². The predicted molar refractivity (Wildman–Crippen MR) is 112 cm³/mol. The third-order valence-electron chi connectivity index (χ3n) is 2.21. The largest absolute Gasteiger partial charge is 0.301 e. The van der Waals surface area contributed by atoms with Gasteiger partial charge in [-0.2, -0.15) is 23.5 Å². The van der Waals surface area contributed by atoms with E-state index in [1.54, 1.807) is 45.5 Å². The summed E-state index contributed by atoms with van der Waals surface area (Å²) in [5.74, 6) is 8.01. The first kappa shape index (κ1) is 20.6. The zero-order valence-electron chi connectivity index (χ0n) is 11.8. The van der Waals surface area contributed by atoms with Crippen LogP contribution < -0.4 is 0 Å². The Balaban J connectivity index is 2.38. The SMILES string of the molecule is CP1(=O)SCCSCCSP(C)(=O)SCCSCCS1. The summed E-state index contributed by atoms with van der Waals surface area (Å²) in [5.41, 5.74) is -4.10. The van der Waals surface area contributed by atoms with Crippen LogP contribution in [0.25, 0.3) is 0 Å². The summed E-state index contributed by atoms with van der Waals surface area (Å²) < 4.78 is 24.6. The van der Waals surface area contributed by atoms with E-state index in [4.69, 9.17) is 0 Å². The van der Waals surface area contributed by atoms with Crippen LogP contribution in [0.2, 0.25) is 0 Å². The van der Waals surface area contributed by atoms with Crippen LogP contribution in [0.4, 0.5) is 0 Å². The molecule has 1 saturated heterocycles. The molecule has 0 saturated carbocycles. The molecule has 1 rings (SSSR count). The third kappa shape index (κ3) is 11.2. The van der Waals surface area contributed by atoms with Crippen LogP contribution in [-0.4, -0.2) is 59.4 Å². The van der Waals surface area contributed by atoms with Gasteiger partial charge < -0.3 is 9.13 Å². The molecule has 0 bridgehead atoms. The first-order valence-electron chi connectivity index (χ1n) is 6.30. The molecule has 10 heteroatoms. The molecule has 2 nitrogen and oxygen atoms in total. The second-order valence-corrected chi connectivity index (χ2v) is 25.1. The van der Waals surface area contributed by atoms with E-state index in [-0.39, 0.29) is 0 Å². The fraction of sp³-hybridized carbons (Fsp3) is 1.00. The summed E-state index contributed by atoms with van der Waals surface area (Å²) in [6, 6.07) is 0. The van der Waals surface area contributed by atoms with E-state index >= 15 is 0 Å². The topological polar surface area (TPSA) is 34.1 Å². The first-order valence-corrected chi connectivity index (χ1v) is 19.3. The lowest BCUT2D eigenvalue weighted by atomic mass is 10.9. The summed E-state index contributed by atoms with van der Waals surface area (Å²) in [7, 11) is 0. The highest BCUT2D eigenvalue weighted by Gasteiger charge is 2.18. The van der Waals surface area contributed by atoms with Gasteiger partial charge in [0.15, 0.2) is 11.1 Å². The average Bonchev–Trinajstić information content (AvgIpc) is 2.35. The van der Waals surface area contributed by atoms with Gasteiger partial charge in [-0.05, 0) is 0 Å². The molecule has 1 fully saturated rings. The molecule has 20 heavy (non-hydrogen) atoms. The van der Waals surface area contributed by atoms with Crippen molar-refractivity contribution in [3.05, 3.63) is 0 Å². The summed E-state index contributed by atoms with van der Waals surface area (Å²) in [6.07, 6.45) is 0. The summed E-state index contributed by atoms with van der Waals surface area (Å²) in [5, 5.41) is 0. The molecule has 0 unspecified atom stereocenters. The Morgan fingerprint density at radius 3 is 1.05 bits per heavy atom. The molecule has 0 aromatic carbocycles. The standard InChI is InChI=1S/C10H22O2P2S6/c1-13(11)17-7-3-15-5-9-19-14(2,12)20-10-6-16-4-8-18-13/h3-10H2,1-2H3.